The van der Waals surface area contributed by atoms with Gasteiger partial charge in [-0.3, -0.25) is 0 Å². The first-order valence-corrected chi connectivity index (χ1v) is 8.70. The molecule has 25 heavy (non-hydrogen) atoms. The standard InChI is InChI=1S/C20H28N2O3/c21-9-11-23-13-14-24-12-10-22-16-19-7-4-8-20(15-19)25-17-18-5-2-1-3-6-18/h1-8,15,22H,9-14,16-17,21H2. The minimum atomic E-state index is 0.551. The fourth-order valence-corrected chi connectivity index (χ4v) is 2.27. The van der Waals surface area contributed by atoms with Gasteiger partial charge in [0.2, 0.25) is 0 Å². The molecule has 0 unspecified atom stereocenters. The third-order valence-electron chi connectivity index (χ3n) is 3.53. The predicted molar refractivity (Wildman–Crippen MR) is 99.6 cm³/mol. The lowest BCUT2D eigenvalue weighted by atomic mass is 10.2. The highest BCUT2D eigenvalue weighted by molar-refractivity contribution is 5.29. The van der Waals surface area contributed by atoms with Gasteiger partial charge in [0.05, 0.1) is 26.4 Å². The highest BCUT2D eigenvalue weighted by Crippen LogP contribution is 2.15. The van der Waals surface area contributed by atoms with E-state index in [0.29, 0.717) is 39.6 Å². The number of hydrogen-bond donors (Lipinski definition) is 2. The maximum atomic E-state index is 5.85. The molecule has 0 aliphatic rings. The van der Waals surface area contributed by atoms with Gasteiger partial charge in [0.1, 0.15) is 12.4 Å². The van der Waals surface area contributed by atoms with Crippen LogP contribution in [0.4, 0.5) is 0 Å². The lowest BCUT2D eigenvalue weighted by Crippen LogP contribution is -2.20. The van der Waals surface area contributed by atoms with Crippen LogP contribution < -0.4 is 15.8 Å². The summed E-state index contributed by atoms with van der Waals surface area (Å²) < 4.78 is 16.6. The number of rotatable bonds is 13. The maximum absolute atomic E-state index is 5.85. The molecule has 0 fully saturated rings. The van der Waals surface area contributed by atoms with Gasteiger partial charge in [-0.1, -0.05) is 42.5 Å². The van der Waals surface area contributed by atoms with E-state index in [1.807, 2.05) is 30.3 Å². The largest absolute Gasteiger partial charge is 0.489 e. The van der Waals surface area contributed by atoms with Crippen molar-refractivity contribution in [3.63, 3.8) is 0 Å². The molecule has 136 valence electrons. The first kappa shape index (κ1) is 19.4. The highest BCUT2D eigenvalue weighted by atomic mass is 16.5. The topological polar surface area (TPSA) is 65.7 Å². The van der Waals surface area contributed by atoms with Gasteiger partial charge in [0, 0.05) is 19.6 Å². The minimum Gasteiger partial charge on any atom is -0.489 e. The van der Waals surface area contributed by atoms with Crippen molar-refractivity contribution in [2.45, 2.75) is 13.2 Å². The molecule has 0 heterocycles. The smallest absolute Gasteiger partial charge is 0.120 e. The summed E-state index contributed by atoms with van der Waals surface area (Å²) in [6.45, 7) is 5.16. The fourth-order valence-electron chi connectivity index (χ4n) is 2.27. The molecular formula is C20H28N2O3. The zero-order valence-electron chi connectivity index (χ0n) is 14.7. The van der Waals surface area contributed by atoms with E-state index < -0.39 is 0 Å². The molecule has 0 aromatic heterocycles. The van der Waals surface area contributed by atoms with Crippen LogP contribution in [0.2, 0.25) is 0 Å². The van der Waals surface area contributed by atoms with Crippen molar-refractivity contribution in [1.82, 2.24) is 5.32 Å². The van der Waals surface area contributed by atoms with E-state index in [-0.39, 0.29) is 0 Å². The Morgan fingerprint density at radius 2 is 1.56 bits per heavy atom. The third kappa shape index (κ3) is 8.65. The second kappa shape index (κ2) is 12.4. The Bertz CT molecular complexity index is 578. The number of nitrogens with two attached hydrogens (primary N) is 1. The third-order valence-corrected chi connectivity index (χ3v) is 3.53. The van der Waals surface area contributed by atoms with Crippen LogP contribution in [0.3, 0.4) is 0 Å². The number of benzene rings is 2. The van der Waals surface area contributed by atoms with Crippen molar-refractivity contribution >= 4 is 0 Å². The molecule has 0 amide bonds. The summed E-state index contributed by atoms with van der Waals surface area (Å²) >= 11 is 0. The van der Waals surface area contributed by atoms with Gasteiger partial charge in [0.25, 0.3) is 0 Å². The Balaban J connectivity index is 1.59. The first-order valence-electron chi connectivity index (χ1n) is 8.70. The lowest BCUT2D eigenvalue weighted by Gasteiger charge is -2.09. The van der Waals surface area contributed by atoms with E-state index in [0.717, 1.165) is 18.8 Å². The molecule has 0 saturated heterocycles. The number of ether oxygens (including phenoxy) is 3. The van der Waals surface area contributed by atoms with Crippen LogP contribution in [0, 0.1) is 0 Å². The molecule has 0 saturated carbocycles. The SMILES string of the molecule is NCCOCCOCCNCc1cccc(OCc2ccccc2)c1. The molecule has 3 N–H and O–H groups in total. The van der Waals surface area contributed by atoms with E-state index in [1.165, 1.54) is 11.1 Å². The van der Waals surface area contributed by atoms with Crippen LogP contribution in [-0.4, -0.2) is 39.5 Å². The molecule has 5 nitrogen and oxygen atoms in total. The van der Waals surface area contributed by atoms with Gasteiger partial charge >= 0.3 is 0 Å². The van der Waals surface area contributed by atoms with Crippen molar-refractivity contribution in [1.29, 1.82) is 0 Å². The average molecular weight is 344 g/mol. The fraction of sp³-hybridized carbons (Fsp3) is 0.400. The van der Waals surface area contributed by atoms with E-state index >= 15 is 0 Å². The summed E-state index contributed by atoms with van der Waals surface area (Å²) in [5.74, 6) is 0.886. The van der Waals surface area contributed by atoms with Gasteiger partial charge < -0.3 is 25.3 Å². The molecule has 0 aliphatic carbocycles. The van der Waals surface area contributed by atoms with Crippen molar-refractivity contribution < 1.29 is 14.2 Å². The summed E-state index contributed by atoms with van der Waals surface area (Å²) in [5, 5.41) is 3.36. The van der Waals surface area contributed by atoms with Crippen molar-refractivity contribution in [3.05, 3.63) is 65.7 Å². The average Bonchev–Trinajstić information content (AvgIpc) is 2.66. The van der Waals surface area contributed by atoms with Gasteiger partial charge in [-0.15, -0.1) is 0 Å². The van der Waals surface area contributed by atoms with Gasteiger partial charge in [-0.2, -0.15) is 0 Å². The van der Waals surface area contributed by atoms with E-state index in [9.17, 15) is 0 Å². The van der Waals surface area contributed by atoms with Crippen molar-refractivity contribution in [3.8, 4) is 5.75 Å². The van der Waals surface area contributed by atoms with E-state index in [1.54, 1.807) is 0 Å². The summed E-state index contributed by atoms with van der Waals surface area (Å²) in [6.07, 6.45) is 0. The number of nitrogens with one attached hydrogen (secondary N) is 1. The molecule has 5 heteroatoms. The zero-order valence-corrected chi connectivity index (χ0v) is 14.7. The van der Waals surface area contributed by atoms with E-state index in [2.05, 4.69) is 29.6 Å². The Hall–Kier alpha value is -1.92. The molecule has 2 rings (SSSR count). The van der Waals surface area contributed by atoms with Crippen LogP contribution in [0.25, 0.3) is 0 Å². The molecule has 0 atom stereocenters. The monoisotopic (exact) mass is 344 g/mol. The Morgan fingerprint density at radius 1 is 0.800 bits per heavy atom. The maximum Gasteiger partial charge on any atom is 0.120 e. The van der Waals surface area contributed by atoms with Crippen LogP contribution >= 0.6 is 0 Å². The van der Waals surface area contributed by atoms with Gasteiger partial charge in [-0.05, 0) is 23.3 Å². The first-order chi connectivity index (χ1) is 12.4. The van der Waals surface area contributed by atoms with Gasteiger partial charge in [0.15, 0.2) is 0 Å². The van der Waals surface area contributed by atoms with Crippen LogP contribution in [-0.2, 0) is 22.6 Å². The Kier molecular flexibility index (Phi) is 9.66. The number of hydrogen-bond acceptors (Lipinski definition) is 5. The highest BCUT2D eigenvalue weighted by Gasteiger charge is 1.99. The lowest BCUT2D eigenvalue weighted by molar-refractivity contribution is 0.0518. The molecular weight excluding hydrogens is 316 g/mol. The molecule has 0 spiro atoms. The second-order valence-corrected chi connectivity index (χ2v) is 5.61. The van der Waals surface area contributed by atoms with Gasteiger partial charge in [-0.25, -0.2) is 0 Å². The zero-order chi connectivity index (χ0) is 17.6. The summed E-state index contributed by atoms with van der Waals surface area (Å²) in [5.41, 5.74) is 7.70. The molecule has 2 aromatic rings. The Labute approximate surface area is 150 Å². The molecule has 0 aliphatic heterocycles. The summed E-state index contributed by atoms with van der Waals surface area (Å²) in [4.78, 5) is 0. The minimum absolute atomic E-state index is 0.551. The normalized spacial score (nSPS) is 10.8. The quantitative estimate of drug-likeness (QED) is 0.546. The van der Waals surface area contributed by atoms with Crippen molar-refractivity contribution in [2.75, 3.05) is 39.5 Å². The van der Waals surface area contributed by atoms with Crippen LogP contribution in [0.15, 0.2) is 54.6 Å². The van der Waals surface area contributed by atoms with Crippen LogP contribution in [0.1, 0.15) is 11.1 Å². The second-order valence-electron chi connectivity index (χ2n) is 5.61. The Morgan fingerprint density at radius 3 is 2.36 bits per heavy atom. The molecule has 2 aromatic carbocycles. The van der Waals surface area contributed by atoms with Crippen molar-refractivity contribution in [2.24, 2.45) is 5.73 Å². The predicted octanol–water partition coefficient (Wildman–Crippen LogP) is 2.35. The van der Waals surface area contributed by atoms with Crippen LogP contribution in [0.5, 0.6) is 5.75 Å². The molecule has 0 radical (unpaired) electrons. The summed E-state index contributed by atoms with van der Waals surface area (Å²) in [7, 11) is 0. The van der Waals surface area contributed by atoms with E-state index in [4.69, 9.17) is 19.9 Å². The summed E-state index contributed by atoms with van der Waals surface area (Å²) in [6, 6.07) is 18.3. The molecule has 0 bridgehead atoms.